The summed E-state index contributed by atoms with van der Waals surface area (Å²) in [7, 11) is 0. The van der Waals surface area contributed by atoms with Gasteiger partial charge in [-0.3, -0.25) is 0 Å². The maximum atomic E-state index is 11.2. The van der Waals surface area contributed by atoms with Crippen molar-refractivity contribution in [3.05, 3.63) is 70.8 Å². The van der Waals surface area contributed by atoms with E-state index in [0.29, 0.717) is 18.2 Å². The van der Waals surface area contributed by atoms with Crippen molar-refractivity contribution in [1.82, 2.24) is 4.98 Å². The Bertz CT molecular complexity index is 991. The number of aromatic carboxylic acids is 1. The molecule has 0 radical (unpaired) electrons. The number of hydrogen-bond donors (Lipinski definition) is 0. The molecule has 4 nitrogen and oxygen atoms in total. The number of rotatable bonds is 7. The standard InChI is InChI=1S/C23H22BrNO3.Na/c1-15(2)12-13-28-22-11-10-16(24)14-19(22)17-6-3-4-7-18(17)20-8-5-9-21(25-20)23(26)27;/h3-11,14-15H,12-13H2,1-2H3,(H,26,27);/q;+1/p-1. The summed E-state index contributed by atoms with van der Waals surface area (Å²) >= 11 is 3.54. The largest absolute Gasteiger partial charge is 1.00 e. The van der Waals surface area contributed by atoms with E-state index >= 15 is 0 Å². The number of ether oxygens (including phenoxy) is 1. The molecule has 0 amide bonds. The Kier molecular flexibility index (Phi) is 8.90. The smallest absolute Gasteiger partial charge is 0.543 e. The van der Waals surface area contributed by atoms with Gasteiger partial charge >= 0.3 is 29.6 Å². The molecule has 0 aliphatic rings. The zero-order chi connectivity index (χ0) is 20.1. The Labute approximate surface area is 201 Å². The van der Waals surface area contributed by atoms with E-state index in [1.807, 2.05) is 42.5 Å². The average molecular weight is 462 g/mol. The summed E-state index contributed by atoms with van der Waals surface area (Å²) in [6.07, 6.45) is 0.965. The van der Waals surface area contributed by atoms with Crippen molar-refractivity contribution in [2.24, 2.45) is 5.92 Å². The molecule has 3 aromatic rings. The fourth-order valence-corrected chi connectivity index (χ4v) is 3.24. The molecule has 0 saturated heterocycles. The molecule has 2 aromatic carbocycles. The minimum atomic E-state index is -1.29. The number of nitrogens with zero attached hydrogens (tertiary/aromatic N) is 1. The van der Waals surface area contributed by atoms with Crippen LogP contribution in [0.25, 0.3) is 22.4 Å². The van der Waals surface area contributed by atoms with Gasteiger partial charge in [0.15, 0.2) is 0 Å². The number of carbonyl (C=O) groups excluding carboxylic acids is 1. The minimum Gasteiger partial charge on any atom is -0.543 e. The first-order valence-corrected chi connectivity index (χ1v) is 9.95. The number of hydrogen-bond acceptors (Lipinski definition) is 4. The van der Waals surface area contributed by atoms with Crippen LogP contribution in [-0.2, 0) is 0 Å². The molecular formula is C23H21BrNNaO3. The van der Waals surface area contributed by atoms with Gasteiger partial charge in [0.05, 0.1) is 24.0 Å². The van der Waals surface area contributed by atoms with Gasteiger partial charge in [0.2, 0.25) is 0 Å². The normalized spacial score (nSPS) is 10.5. The topological polar surface area (TPSA) is 62.2 Å². The summed E-state index contributed by atoms with van der Waals surface area (Å²) in [5, 5.41) is 11.2. The Morgan fingerprint density at radius 1 is 1.03 bits per heavy atom. The van der Waals surface area contributed by atoms with Crippen LogP contribution in [0.4, 0.5) is 0 Å². The number of carboxylic acids is 1. The summed E-state index contributed by atoms with van der Waals surface area (Å²) in [5.74, 6) is 0.0506. The van der Waals surface area contributed by atoms with Crippen molar-refractivity contribution in [3.63, 3.8) is 0 Å². The van der Waals surface area contributed by atoms with Gasteiger partial charge in [0.25, 0.3) is 0 Å². The molecule has 0 saturated carbocycles. The molecule has 6 heteroatoms. The molecule has 0 N–H and O–H groups in total. The Balaban J connectivity index is 0.00000300. The monoisotopic (exact) mass is 461 g/mol. The number of carbonyl (C=O) groups is 1. The van der Waals surface area contributed by atoms with Gasteiger partial charge in [-0.25, -0.2) is 4.98 Å². The quantitative estimate of drug-likeness (QED) is 0.504. The van der Waals surface area contributed by atoms with Crippen molar-refractivity contribution in [2.45, 2.75) is 20.3 Å². The van der Waals surface area contributed by atoms with Gasteiger partial charge < -0.3 is 14.6 Å². The number of benzene rings is 2. The van der Waals surface area contributed by atoms with E-state index < -0.39 is 5.97 Å². The second kappa shape index (κ2) is 10.9. The molecule has 0 atom stereocenters. The van der Waals surface area contributed by atoms with Gasteiger partial charge in [-0.2, -0.15) is 0 Å². The summed E-state index contributed by atoms with van der Waals surface area (Å²) < 4.78 is 7.00. The third-order valence-corrected chi connectivity index (χ3v) is 4.84. The predicted octanol–water partition coefficient (Wildman–Crippen LogP) is 1.97. The number of pyridine rings is 1. The van der Waals surface area contributed by atoms with E-state index in [4.69, 9.17) is 4.74 Å². The van der Waals surface area contributed by atoms with Crippen molar-refractivity contribution in [3.8, 4) is 28.1 Å². The number of halogens is 1. The van der Waals surface area contributed by atoms with E-state index in [0.717, 1.165) is 33.3 Å². The van der Waals surface area contributed by atoms with E-state index in [1.165, 1.54) is 6.07 Å². The second-order valence-corrected chi connectivity index (χ2v) is 7.83. The number of aromatic nitrogens is 1. The first-order chi connectivity index (χ1) is 13.5. The predicted molar refractivity (Wildman–Crippen MR) is 112 cm³/mol. The molecule has 0 spiro atoms. The van der Waals surface area contributed by atoms with Crippen molar-refractivity contribution in [1.29, 1.82) is 0 Å². The van der Waals surface area contributed by atoms with Crippen LogP contribution >= 0.6 is 15.9 Å². The zero-order valence-corrected chi connectivity index (χ0v) is 20.4. The van der Waals surface area contributed by atoms with Crippen LogP contribution in [0.2, 0.25) is 0 Å². The van der Waals surface area contributed by atoms with Crippen LogP contribution in [0.1, 0.15) is 30.8 Å². The molecule has 144 valence electrons. The van der Waals surface area contributed by atoms with Crippen molar-refractivity contribution >= 4 is 21.9 Å². The Hall–Kier alpha value is -1.66. The minimum absolute atomic E-state index is 0. The van der Waals surface area contributed by atoms with E-state index in [9.17, 15) is 9.90 Å². The summed E-state index contributed by atoms with van der Waals surface area (Å²) in [5.41, 5.74) is 3.17. The molecule has 29 heavy (non-hydrogen) atoms. The second-order valence-electron chi connectivity index (χ2n) is 6.91. The van der Waals surface area contributed by atoms with Gasteiger partial charge in [0.1, 0.15) is 5.75 Å². The van der Waals surface area contributed by atoms with Gasteiger partial charge in [-0.05, 0) is 48.2 Å². The van der Waals surface area contributed by atoms with Crippen molar-refractivity contribution < 1.29 is 44.2 Å². The Morgan fingerprint density at radius 3 is 2.45 bits per heavy atom. The molecule has 3 rings (SSSR count). The molecule has 0 fully saturated rings. The molecule has 0 bridgehead atoms. The van der Waals surface area contributed by atoms with Gasteiger partial charge in [-0.1, -0.05) is 60.1 Å². The SMILES string of the molecule is CC(C)CCOc1ccc(Br)cc1-c1ccccc1-c1cccc(C(=O)[O-])n1.[Na+]. The Morgan fingerprint density at radius 2 is 1.76 bits per heavy atom. The van der Waals surface area contributed by atoms with E-state index in [1.54, 1.807) is 12.1 Å². The van der Waals surface area contributed by atoms with Crippen molar-refractivity contribution in [2.75, 3.05) is 6.61 Å². The summed E-state index contributed by atoms with van der Waals surface area (Å²) in [6, 6.07) is 18.6. The number of carboxylic acid groups (broad SMARTS) is 1. The van der Waals surface area contributed by atoms with Crippen LogP contribution in [0, 0.1) is 5.92 Å². The van der Waals surface area contributed by atoms with Crippen LogP contribution < -0.4 is 39.4 Å². The third kappa shape index (κ3) is 6.16. The molecular weight excluding hydrogens is 441 g/mol. The maximum Gasteiger partial charge on any atom is 1.00 e. The fourth-order valence-electron chi connectivity index (χ4n) is 2.88. The first kappa shape index (κ1) is 23.6. The molecule has 0 unspecified atom stereocenters. The zero-order valence-electron chi connectivity index (χ0n) is 16.8. The van der Waals surface area contributed by atoms with E-state index in [2.05, 4.69) is 34.8 Å². The molecule has 1 heterocycles. The summed E-state index contributed by atoms with van der Waals surface area (Å²) in [6.45, 7) is 4.96. The molecule has 0 aliphatic heterocycles. The average Bonchev–Trinajstić information content (AvgIpc) is 2.69. The van der Waals surface area contributed by atoms with E-state index in [-0.39, 0.29) is 35.3 Å². The fraction of sp³-hybridized carbons (Fsp3) is 0.217. The van der Waals surface area contributed by atoms with Crippen LogP contribution in [0.15, 0.2) is 65.1 Å². The molecule has 1 aromatic heterocycles. The van der Waals surface area contributed by atoms with Crippen LogP contribution in [-0.4, -0.2) is 17.6 Å². The first-order valence-electron chi connectivity index (χ1n) is 9.16. The summed E-state index contributed by atoms with van der Waals surface area (Å²) in [4.78, 5) is 15.5. The van der Waals surface area contributed by atoms with Gasteiger partial charge in [-0.15, -0.1) is 0 Å². The third-order valence-electron chi connectivity index (χ3n) is 4.35. The molecule has 0 aliphatic carbocycles. The maximum absolute atomic E-state index is 11.2. The van der Waals surface area contributed by atoms with Crippen LogP contribution in [0.5, 0.6) is 5.75 Å². The van der Waals surface area contributed by atoms with Gasteiger partial charge in [0, 0.05) is 15.6 Å². The van der Waals surface area contributed by atoms with Crippen LogP contribution in [0.3, 0.4) is 0 Å².